The van der Waals surface area contributed by atoms with Crippen molar-refractivity contribution in [3.8, 4) is 0 Å². The van der Waals surface area contributed by atoms with Crippen LogP contribution in [0.5, 0.6) is 0 Å². The fourth-order valence-corrected chi connectivity index (χ4v) is 4.00. The zero-order valence-corrected chi connectivity index (χ0v) is 18.9. The second-order valence-electron chi connectivity index (χ2n) is 7.72. The molecule has 0 amide bonds. The van der Waals surface area contributed by atoms with E-state index in [-0.39, 0.29) is 0 Å². The number of H-pyrrole nitrogens is 2. The lowest BCUT2D eigenvalue weighted by Crippen LogP contribution is -2.29. The molecule has 4 N–H and O–H groups in total. The van der Waals surface area contributed by atoms with Gasteiger partial charge in [0.1, 0.15) is 0 Å². The van der Waals surface area contributed by atoms with E-state index in [2.05, 4.69) is 30.6 Å². The Hall–Kier alpha value is -4.10. The molecule has 0 spiro atoms. The van der Waals surface area contributed by atoms with E-state index in [1.165, 1.54) is 9.13 Å². The predicted molar refractivity (Wildman–Crippen MR) is 124 cm³/mol. The molecular formula is C19H26N10O4. The number of hydrogen-bond donors (Lipinski definition) is 4. The fraction of sp³-hybridized carbons (Fsp3) is 0.474. The van der Waals surface area contributed by atoms with Crippen molar-refractivity contribution in [2.75, 3.05) is 24.7 Å². The summed E-state index contributed by atoms with van der Waals surface area (Å²) in [5, 5.41) is 5.94. The number of rotatable bonds is 8. The molecule has 176 valence electrons. The second kappa shape index (κ2) is 8.44. The minimum Gasteiger partial charge on any atom is -0.359 e. The number of nitrogens with zero attached hydrogens (tertiary/aromatic N) is 6. The van der Waals surface area contributed by atoms with Crippen LogP contribution in [-0.4, -0.2) is 52.3 Å². The number of aromatic amines is 2. The third-order valence-corrected chi connectivity index (χ3v) is 5.72. The summed E-state index contributed by atoms with van der Waals surface area (Å²) in [5.74, 6) is 1.00. The highest BCUT2D eigenvalue weighted by Gasteiger charge is 2.18. The number of anilines is 2. The summed E-state index contributed by atoms with van der Waals surface area (Å²) in [5.41, 5.74) is -0.659. The van der Waals surface area contributed by atoms with E-state index in [1.54, 1.807) is 37.3 Å². The molecule has 33 heavy (non-hydrogen) atoms. The first kappa shape index (κ1) is 22.1. The molecule has 0 atom stereocenters. The van der Waals surface area contributed by atoms with Gasteiger partial charge in [0.05, 0.1) is 0 Å². The summed E-state index contributed by atoms with van der Waals surface area (Å²) in [4.78, 5) is 61.9. The smallest absolute Gasteiger partial charge is 0.329 e. The molecule has 4 aromatic rings. The van der Waals surface area contributed by atoms with E-state index in [0.29, 0.717) is 47.3 Å². The monoisotopic (exact) mass is 458 g/mol. The van der Waals surface area contributed by atoms with Crippen LogP contribution in [0, 0.1) is 0 Å². The van der Waals surface area contributed by atoms with Crippen molar-refractivity contribution in [3.63, 3.8) is 0 Å². The van der Waals surface area contributed by atoms with Gasteiger partial charge in [-0.1, -0.05) is 0 Å². The van der Waals surface area contributed by atoms with Crippen LogP contribution >= 0.6 is 0 Å². The molecule has 0 bridgehead atoms. The van der Waals surface area contributed by atoms with Gasteiger partial charge in [-0.3, -0.25) is 28.7 Å². The lowest BCUT2D eigenvalue weighted by atomic mass is 10.2. The van der Waals surface area contributed by atoms with Crippen molar-refractivity contribution in [1.82, 2.24) is 38.2 Å². The van der Waals surface area contributed by atoms with Crippen LogP contribution in [0.2, 0.25) is 0 Å². The molecule has 14 nitrogen and oxygen atoms in total. The molecule has 0 saturated carbocycles. The van der Waals surface area contributed by atoms with Crippen molar-refractivity contribution in [1.29, 1.82) is 0 Å². The SMILES string of the molecule is CNc1nc2c(c(=O)[nH]c(=O)n2C)n1CCCCCn1c(NC)nc2c1c(=O)[nH]c(=O)n2C. The van der Waals surface area contributed by atoms with E-state index in [1.807, 2.05) is 0 Å². The summed E-state index contributed by atoms with van der Waals surface area (Å²) in [6.45, 7) is 1.04. The normalized spacial score (nSPS) is 11.5. The van der Waals surface area contributed by atoms with Gasteiger partial charge < -0.3 is 19.8 Å². The number of imidazole rings is 2. The maximum Gasteiger partial charge on any atom is 0.329 e. The minimum atomic E-state index is -0.514. The zero-order chi connectivity index (χ0) is 23.9. The lowest BCUT2D eigenvalue weighted by Gasteiger charge is -2.10. The summed E-state index contributed by atoms with van der Waals surface area (Å²) < 4.78 is 6.14. The van der Waals surface area contributed by atoms with Crippen LogP contribution in [-0.2, 0) is 27.2 Å². The Bertz CT molecular complexity index is 1460. The Kier molecular flexibility index (Phi) is 5.66. The van der Waals surface area contributed by atoms with Crippen LogP contribution in [0.4, 0.5) is 11.9 Å². The van der Waals surface area contributed by atoms with E-state index >= 15 is 0 Å². The van der Waals surface area contributed by atoms with E-state index in [9.17, 15) is 19.2 Å². The number of aromatic nitrogens is 8. The van der Waals surface area contributed by atoms with Gasteiger partial charge in [0, 0.05) is 41.3 Å². The summed E-state index contributed by atoms with van der Waals surface area (Å²) in [6, 6.07) is 0. The molecule has 0 aliphatic rings. The molecule has 0 unspecified atom stereocenters. The molecule has 0 aromatic carbocycles. The van der Waals surface area contributed by atoms with Crippen molar-refractivity contribution < 1.29 is 0 Å². The molecule has 0 aliphatic carbocycles. The van der Waals surface area contributed by atoms with Gasteiger partial charge in [0.25, 0.3) is 11.1 Å². The Balaban J connectivity index is 1.52. The molecule has 4 rings (SSSR count). The Morgan fingerprint density at radius 1 is 0.697 bits per heavy atom. The molecule has 0 aliphatic heterocycles. The number of aryl methyl sites for hydroxylation is 4. The molecule has 0 saturated heterocycles. The third-order valence-electron chi connectivity index (χ3n) is 5.72. The van der Waals surface area contributed by atoms with E-state index < -0.39 is 22.5 Å². The van der Waals surface area contributed by atoms with Crippen LogP contribution in [0.15, 0.2) is 19.2 Å². The van der Waals surface area contributed by atoms with Crippen molar-refractivity contribution >= 4 is 34.2 Å². The lowest BCUT2D eigenvalue weighted by molar-refractivity contribution is 0.559. The summed E-state index contributed by atoms with van der Waals surface area (Å²) >= 11 is 0. The molecule has 0 fully saturated rings. The Morgan fingerprint density at radius 3 is 1.45 bits per heavy atom. The zero-order valence-electron chi connectivity index (χ0n) is 18.9. The van der Waals surface area contributed by atoms with Crippen LogP contribution in [0.25, 0.3) is 22.3 Å². The van der Waals surface area contributed by atoms with Crippen molar-refractivity contribution in [2.45, 2.75) is 32.4 Å². The van der Waals surface area contributed by atoms with Gasteiger partial charge in [-0.25, -0.2) is 9.59 Å². The van der Waals surface area contributed by atoms with Gasteiger partial charge in [-0.05, 0) is 19.3 Å². The molecule has 4 aromatic heterocycles. The number of hydrogen-bond acceptors (Lipinski definition) is 8. The van der Waals surface area contributed by atoms with Crippen LogP contribution in [0.3, 0.4) is 0 Å². The molecule has 0 radical (unpaired) electrons. The highest BCUT2D eigenvalue weighted by molar-refractivity contribution is 5.74. The van der Waals surface area contributed by atoms with Crippen molar-refractivity contribution in [3.05, 3.63) is 41.7 Å². The average molecular weight is 458 g/mol. The summed E-state index contributed by atoms with van der Waals surface area (Å²) in [6.07, 6.45) is 2.26. The first-order valence-corrected chi connectivity index (χ1v) is 10.5. The van der Waals surface area contributed by atoms with Crippen LogP contribution in [0.1, 0.15) is 19.3 Å². The second-order valence-corrected chi connectivity index (χ2v) is 7.72. The highest BCUT2D eigenvalue weighted by atomic mass is 16.2. The molecule has 4 heterocycles. The molecule has 14 heteroatoms. The summed E-state index contributed by atoms with van der Waals surface area (Å²) in [7, 11) is 6.53. The number of nitrogens with one attached hydrogen (secondary N) is 4. The van der Waals surface area contributed by atoms with Crippen LogP contribution < -0.4 is 33.1 Å². The molecular weight excluding hydrogens is 432 g/mol. The maximum atomic E-state index is 12.4. The largest absolute Gasteiger partial charge is 0.359 e. The van der Waals surface area contributed by atoms with Gasteiger partial charge in [-0.2, -0.15) is 9.97 Å². The highest BCUT2D eigenvalue weighted by Crippen LogP contribution is 2.18. The van der Waals surface area contributed by atoms with Crippen molar-refractivity contribution in [2.24, 2.45) is 14.1 Å². The van der Waals surface area contributed by atoms with Gasteiger partial charge in [-0.15, -0.1) is 0 Å². The first-order valence-electron chi connectivity index (χ1n) is 10.5. The van der Waals surface area contributed by atoms with E-state index in [4.69, 9.17) is 0 Å². The van der Waals surface area contributed by atoms with E-state index in [0.717, 1.165) is 19.3 Å². The maximum absolute atomic E-state index is 12.4. The Labute approximate surface area is 185 Å². The van der Waals surface area contributed by atoms with Gasteiger partial charge >= 0.3 is 11.4 Å². The predicted octanol–water partition coefficient (Wildman–Crippen LogP) is -0.886. The minimum absolute atomic E-state index is 0.321. The first-order chi connectivity index (χ1) is 15.8. The van der Waals surface area contributed by atoms with Gasteiger partial charge in [0.2, 0.25) is 11.9 Å². The Morgan fingerprint density at radius 2 is 1.09 bits per heavy atom. The third kappa shape index (κ3) is 3.62. The number of fused-ring (bicyclic) bond motifs is 2. The van der Waals surface area contributed by atoms with Gasteiger partial charge in [0.15, 0.2) is 22.3 Å². The quantitative estimate of drug-likeness (QED) is 0.247. The fourth-order valence-electron chi connectivity index (χ4n) is 4.00. The number of unbranched alkanes of at least 4 members (excludes halogenated alkanes) is 2. The topological polar surface area (TPSA) is 169 Å². The standard InChI is InChI=1S/C19H26N10O4/c1-20-16-22-12-10(14(30)24-18(32)26(12)3)28(16)8-6-5-7-9-29-11-13(23-17(29)21-2)27(4)19(33)25-15(11)31/h5-9H2,1-4H3,(H,20,22)(H,21,23)(H,24,30,32)(H,25,31,33). The average Bonchev–Trinajstić information content (AvgIpc) is 3.35.